The molecule has 2 aromatic carbocycles. The molecule has 0 spiro atoms. The highest BCUT2D eigenvalue weighted by molar-refractivity contribution is 7.80. The smallest absolute Gasteiger partial charge is 0.173 e. The second kappa shape index (κ2) is 8.27. The van der Waals surface area contributed by atoms with Gasteiger partial charge in [0, 0.05) is 30.9 Å². The van der Waals surface area contributed by atoms with E-state index in [1.54, 1.807) is 24.3 Å². The first-order valence-corrected chi connectivity index (χ1v) is 8.72. The minimum absolute atomic E-state index is 0.124. The molecule has 0 aromatic heterocycles. The van der Waals surface area contributed by atoms with E-state index in [4.69, 9.17) is 17.0 Å². The molecule has 0 aliphatic carbocycles. The molecular weight excluding hydrogens is 339 g/mol. The summed E-state index contributed by atoms with van der Waals surface area (Å²) in [6, 6.07) is 13.3. The highest BCUT2D eigenvalue weighted by Crippen LogP contribution is 2.21. The zero-order valence-corrected chi connectivity index (χ0v) is 14.6. The van der Waals surface area contributed by atoms with Gasteiger partial charge in [0.1, 0.15) is 11.6 Å². The molecule has 1 aliphatic heterocycles. The van der Waals surface area contributed by atoms with Crippen LogP contribution in [0.3, 0.4) is 0 Å². The molecule has 0 unspecified atom stereocenters. The zero-order chi connectivity index (χ0) is 17.6. The number of hydrogen-bond donors (Lipinski definition) is 2. The van der Waals surface area contributed by atoms with Crippen molar-refractivity contribution in [2.24, 2.45) is 0 Å². The molecule has 2 aromatic rings. The van der Waals surface area contributed by atoms with E-state index in [0.29, 0.717) is 18.2 Å². The maximum atomic E-state index is 13.1. The van der Waals surface area contributed by atoms with Crippen molar-refractivity contribution in [3.05, 3.63) is 59.9 Å². The fourth-order valence-corrected chi connectivity index (χ4v) is 3.10. The number of hydrogen-bond acceptors (Lipinski definition) is 3. The molecule has 0 radical (unpaired) electrons. The number of aromatic hydroxyl groups is 1. The molecule has 3 rings (SSSR count). The van der Waals surface area contributed by atoms with Crippen LogP contribution in [0.25, 0.3) is 0 Å². The minimum Gasteiger partial charge on any atom is -0.508 e. The predicted molar refractivity (Wildman–Crippen MR) is 100 cm³/mol. The number of phenolic OH excluding ortho intramolecular Hbond substituents is 1. The van der Waals surface area contributed by atoms with Gasteiger partial charge in [0.15, 0.2) is 5.11 Å². The highest BCUT2D eigenvalue weighted by atomic mass is 32.1. The van der Waals surface area contributed by atoms with Crippen molar-refractivity contribution >= 4 is 23.0 Å². The Morgan fingerprint density at radius 3 is 2.68 bits per heavy atom. The Bertz CT molecular complexity index is 718. The Morgan fingerprint density at radius 2 is 2.00 bits per heavy atom. The summed E-state index contributed by atoms with van der Waals surface area (Å²) in [4.78, 5) is 1.98. The topological polar surface area (TPSA) is 44.7 Å². The Labute approximate surface area is 152 Å². The number of nitrogens with one attached hydrogen (secondary N) is 1. The summed E-state index contributed by atoms with van der Waals surface area (Å²) in [6.07, 6.45) is 2.17. The van der Waals surface area contributed by atoms with Crippen molar-refractivity contribution in [3.8, 4) is 5.75 Å². The van der Waals surface area contributed by atoms with E-state index in [-0.39, 0.29) is 17.7 Å². The quantitative estimate of drug-likeness (QED) is 0.792. The second-order valence-electron chi connectivity index (χ2n) is 6.08. The molecule has 1 heterocycles. The number of benzene rings is 2. The number of rotatable bonds is 5. The van der Waals surface area contributed by atoms with Crippen molar-refractivity contribution in [2.75, 3.05) is 18.5 Å². The van der Waals surface area contributed by atoms with Gasteiger partial charge in [0.2, 0.25) is 0 Å². The molecule has 4 nitrogen and oxygen atoms in total. The fraction of sp³-hybridized carbons (Fsp3) is 0.316. The molecule has 1 atom stereocenters. The molecule has 25 heavy (non-hydrogen) atoms. The summed E-state index contributed by atoms with van der Waals surface area (Å²) in [5, 5.41) is 13.7. The van der Waals surface area contributed by atoms with Crippen molar-refractivity contribution < 1.29 is 14.2 Å². The van der Waals surface area contributed by atoms with Gasteiger partial charge in [-0.3, -0.25) is 0 Å². The lowest BCUT2D eigenvalue weighted by molar-refractivity contribution is 0.0904. The third kappa shape index (κ3) is 4.90. The first-order chi connectivity index (χ1) is 12.1. The number of nitrogens with zero attached hydrogens (tertiary/aromatic N) is 1. The summed E-state index contributed by atoms with van der Waals surface area (Å²) in [6.45, 7) is 1.88. The number of ether oxygens (including phenoxy) is 1. The van der Waals surface area contributed by atoms with Crippen LogP contribution in [0.2, 0.25) is 0 Å². The third-order valence-corrected chi connectivity index (χ3v) is 4.54. The van der Waals surface area contributed by atoms with Gasteiger partial charge in [-0.05, 0) is 55.4 Å². The van der Waals surface area contributed by atoms with Gasteiger partial charge in [-0.25, -0.2) is 4.39 Å². The maximum Gasteiger partial charge on any atom is 0.173 e. The summed E-state index contributed by atoms with van der Waals surface area (Å²) >= 11 is 5.55. The summed E-state index contributed by atoms with van der Waals surface area (Å²) in [5.74, 6) is -0.0497. The first-order valence-electron chi connectivity index (χ1n) is 8.32. The molecule has 0 amide bonds. The van der Waals surface area contributed by atoms with Crippen LogP contribution in [0, 0.1) is 5.82 Å². The van der Waals surface area contributed by atoms with Crippen molar-refractivity contribution in [1.82, 2.24) is 4.90 Å². The van der Waals surface area contributed by atoms with Crippen LogP contribution in [-0.4, -0.2) is 34.4 Å². The van der Waals surface area contributed by atoms with Gasteiger partial charge in [-0.2, -0.15) is 0 Å². The zero-order valence-electron chi connectivity index (χ0n) is 13.8. The van der Waals surface area contributed by atoms with E-state index >= 15 is 0 Å². The third-order valence-electron chi connectivity index (χ3n) is 4.18. The summed E-state index contributed by atoms with van der Waals surface area (Å²) < 4.78 is 18.8. The van der Waals surface area contributed by atoms with Crippen LogP contribution in [0.5, 0.6) is 5.75 Å². The lowest BCUT2D eigenvalue weighted by atomic mass is 10.1. The Morgan fingerprint density at radius 1 is 1.24 bits per heavy atom. The van der Waals surface area contributed by atoms with E-state index in [1.165, 1.54) is 12.1 Å². The molecule has 132 valence electrons. The first kappa shape index (κ1) is 17.6. The lowest BCUT2D eigenvalue weighted by Gasteiger charge is -2.28. The van der Waals surface area contributed by atoms with Crippen molar-refractivity contribution in [3.63, 3.8) is 0 Å². The van der Waals surface area contributed by atoms with Crippen LogP contribution < -0.4 is 5.32 Å². The average Bonchev–Trinajstić information content (AvgIpc) is 3.11. The van der Waals surface area contributed by atoms with E-state index in [0.717, 1.165) is 30.7 Å². The van der Waals surface area contributed by atoms with Gasteiger partial charge in [0.05, 0.1) is 6.10 Å². The summed E-state index contributed by atoms with van der Waals surface area (Å²) in [5.41, 5.74) is 1.52. The predicted octanol–water partition coefficient (Wildman–Crippen LogP) is 3.91. The van der Waals surface area contributed by atoms with Crippen LogP contribution >= 0.6 is 12.2 Å². The molecule has 6 heteroatoms. The van der Waals surface area contributed by atoms with Gasteiger partial charge in [-0.1, -0.05) is 18.2 Å². The van der Waals surface area contributed by atoms with E-state index < -0.39 is 0 Å². The Hall–Kier alpha value is -2.18. The largest absolute Gasteiger partial charge is 0.508 e. The number of halogens is 1. The number of anilines is 1. The molecule has 1 fully saturated rings. The van der Waals surface area contributed by atoms with E-state index in [9.17, 15) is 9.50 Å². The average molecular weight is 360 g/mol. The van der Waals surface area contributed by atoms with Crippen LogP contribution in [0.4, 0.5) is 10.1 Å². The van der Waals surface area contributed by atoms with Crippen molar-refractivity contribution in [1.29, 1.82) is 0 Å². The van der Waals surface area contributed by atoms with Gasteiger partial charge in [-0.15, -0.1) is 0 Å². The SMILES string of the molecule is Oc1ccccc1CN(C[C@H]1CCCO1)C(=S)Nc1ccc(F)cc1. The molecule has 2 N–H and O–H groups in total. The molecular formula is C19H21FN2O2S. The van der Waals surface area contributed by atoms with Gasteiger partial charge < -0.3 is 20.1 Å². The van der Waals surface area contributed by atoms with Crippen LogP contribution in [0.1, 0.15) is 18.4 Å². The van der Waals surface area contributed by atoms with E-state index in [1.807, 2.05) is 17.0 Å². The molecule has 1 aliphatic rings. The van der Waals surface area contributed by atoms with Crippen LogP contribution in [0.15, 0.2) is 48.5 Å². The Balaban J connectivity index is 1.73. The van der Waals surface area contributed by atoms with Crippen molar-refractivity contribution in [2.45, 2.75) is 25.5 Å². The standard InChI is InChI=1S/C19H21FN2O2S/c20-15-7-9-16(10-8-15)21-19(25)22(13-17-5-3-11-24-17)12-14-4-1-2-6-18(14)23/h1-2,4,6-10,17,23H,3,5,11-13H2,(H,21,25)/t17-/m1/s1. The number of para-hydroxylation sites is 1. The van der Waals surface area contributed by atoms with E-state index in [2.05, 4.69) is 5.32 Å². The second-order valence-corrected chi connectivity index (χ2v) is 6.47. The molecule has 0 saturated carbocycles. The fourth-order valence-electron chi connectivity index (χ4n) is 2.84. The van der Waals surface area contributed by atoms with Gasteiger partial charge in [0.25, 0.3) is 0 Å². The monoisotopic (exact) mass is 360 g/mol. The normalized spacial score (nSPS) is 16.6. The minimum atomic E-state index is -0.290. The number of thiocarbonyl (C=S) groups is 1. The molecule has 1 saturated heterocycles. The van der Waals surface area contributed by atoms with Gasteiger partial charge >= 0.3 is 0 Å². The Kier molecular flexibility index (Phi) is 5.83. The summed E-state index contributed by atoms with van der Waals surface area (Å²) in [7, 11) is 0. The molecule has 0 bridgehead atoms. The maximum absolute atomic E-state index is 13.1. The lowest BCUT2D eigenvalue weighted by Crippen LogP contribution is -2.39. The highest BCUT2D eigenvalue weighted by Gasteiger charge is 2.22. The van der Waals surface area contributed by atoms with Crippen LogP contribution in [-0.2, 0) is 11.3 Å². The number of phenols is 1.